The van der Waals surface area contributed by atoms with Gasteiger partial charge in [0, 0.05) is 23.1 Å². The van der Waals surface area contributed by atoms with Crippen LogP contribution in [0, 0.1) is 0 Å². The van der Waals surface area contributed by atoms with Crippen LogP contribution in [-0.2, 0) is 9.53 Å². The van der Waals surface area contributed by atoms with E-state index >= 15 is 0 Å². The van der Waals surface area contributed by atoms with Gasteiger partial charge in [-0.15, -0.1) is 0 Å². The summed E-state index contributed by atoms with van der Waals surface area (Å²) in [4.78, 5) is 12.9. The van der Waals surface area contributed by atoms with E-state index in [-0.39, 0.29) is 12.0 Å². The van der Waals surface area contributed by atoms with Gasteiger partial charge in [-0.25, -0.2) is 0 Å². The minimum Gasteiger partial charge on any atom is -0.490 e. The minimum atomic E-state index is -0.830. The van der Waals surface area contributed by atoms with Crippen molar-refractivity contribution in [3.8, 4) is 5.75 Å². The molecule has 0 aliphatic carbocycles. The maximum absolute atomic E-state index is 12.9. The molecule has 0 radical (unpaired) electrons. The molecule has 4 heteroatoms. The lowest BCUT2D eigenvalue weighted by Crippen LogP contribution is -2.42. The smallest absolute Gasteiger partial charge is 0.256 e. The third-order valence-electron chi connectivity index (χ3n) is 4.82. The average molecular weight is 357 g/mol. The third-order valence-corrected chi connectivity index (χ3v) is 4.82. The molecule has 142 valence electrons. The number of amides is 1. The van der Waals surface area contributed by atoms with Gasteiger partial charge in [-0.3, -0.25) is 4.79 Å². The van der Waals surface area contributed by atoms with Gasteiger partial charge in [0.1, 0.15) is 11.4 Å². The second kappa shape index (κ2) is 9.04. The molecule has 0 fully saturated rings. The Hall–Kier alpha value is -2.07. The molecule has 2 atom stereocenters. The van der Waals surface area contributed by atoms with E-state index in [0.29, 0.717) is 13.0 Å². The van der Waals surface area contributed by atoms with Gasteiger partial charge in [0.2, 0.25) is 0 Å². The molecule has 2 aromatic carbocycles. The van der Waals surface area contributed by atoms with Crippen molar-refractivity contribution in [3.05, 3.63) is 36.4 Å². The summed E-state index contributed by atoms with van der Waals surface area (Å²) >= 11 is 0. The molecule has 0 unspecified atom stereocenters. The summed E-state index contributed by atoms with van der Waals surface area (Å²) in [6.45, 7) is 10.6. The minimum absolute atomic E-state index is 0.116. The van der Waals surface area contributed by atoms with Crippen LogP contribution in [0.15, 0.2) is 36.4 Å². The van der Waals surface area contributed by atoms with E-state index in [1.54, 1.807) is 0 Å². The zero-order chi connectivity index (χ0) is 19.2. The second-order valence-electron chi connectivity index (χ2n) is 6.88. The molecule has 2 rings (SSSR count). The third kappa shape index (κ3) is 4.55. The molecule has 0 aliphatic heterocycles. The number of benzene rings is 2. The Labute approximate surface area is 156 Å². The van der Waals surface area contributed by atoms with Crippen molar-refractivity contribution >= 4 is 22.4 Å². The number of rotatable bonds is 9. The summed E-state index contributed by atoms with van der Waals surface area (Å²) in [5.41, 5.74) is -0.0508. The number of nitrogens with one attached hydrogen (secondary N) is 1. The van der Waals surface area contributed by atoms with Crippen LogP contribution in [0.2, 0.25) is 0 Å². The van der Waals surface area contributed by atoms with Gasteiger partial charge in [-0.2, -0.15) is 0 Å². The number of ether oxygens (including phenoxy) is 2. The van der Waals surface area contributed by atoms with Crippen LogP contribution in [0.1, 0.15) is 53.9 Å². The molecule has 0 bridgehead atoms. The first kappa shape index (κ1) is 20.2. The molecule has 2 aromatic rings. The van der Waals surface area contributed by atoms with Crippen molar-refractivity contribution in [2.45, 2.75) is 65.6 Å². The molecule has 1 amide bonds. The van der Waals surface area contributed by atoms with E-state index in [0.717, 1.165) is 35.1 Å². The maximum atomic E-state index is 12.9. The topological polar surface area (TPSA) is 47.6 Å². The van der Waals surface area contributed by atoms with Crippen LogP contribution in [0.3, 0.4) is 0 Å². The van der Waals surface area contributed by atoms with Gasteiger partial charge in [-0.05, 0) is 45.2 Å². The highest BCUT2D eigenvalue weighted by Crippen LogP contribution is 2.33. The highest BCUT2D eigenvalue weighted by molar-refractivity contribution is 6.06. The lowest BCUT2D eigenvalue weighted by molar-refractivity contribution is -0.139. The number of hydrogen-bond acceptors (Lipinski definition) is 3. The SMILES string of the molecule is CCCO[C@](C)(CC)C(=O)Nc1ccc(O[C@H](C)CC)c2ccccc12. The first-order chi connectivity index (χ1) is 12.4. The maximum Gasteiger partial charge on any atom is 0.256 e. The highest BCUT2D eigenvalue weighted by Gasteiger charge is 2.32. The van der Waals surface area contributed by atoms with Crippen LogP contribution < -0.4 is 10.1 Å². The molecule has 0 spiro atoms. The van der Waals surface area contributed by atoms with E-state index in [1.165, 1.54) is 0 Å². The van der Waals surface area contributed by atoms with E-state index in [9.17, 15) is 4.79 Å². The lowest BCUT2D eigenvalue weighted by atomic mass is 10.0. The van der Waals surface area contributed by atoms with Gasteiger partial charge in [0.05, 0.1) is 6.10 Å². The Morgan fingerprint density at radius 3 is 2.42 bits per heavy atom. The van der Waals surface area contributed by atoms with Crippen molar-refractivity contribution in [1.82, 2.24) is 0 Å². The largest absolute Gasteiger partial charge is 0.490 e. The monoisotopic (exact) mass is 357 g/mol. The van der Waals surface area contributed by atoms with Crippen LogP contribution in [0.5, 0.6) is 5.75 Å². The molecular formula is C22H31NO3. The molecule has 0 aromatic heterocycles. The van der Waals surface area contributed by atoms with Crippen LogP contribution in [0.4, 0.5) is 5.69 Å². The quantitative estimate of drug-likeness (QED) is 0.640. The first-order valence-electron chi connectivity index (χ1n) is 9.59. The highest BCUT2D eigenvalue weighted by atomic mass is 16.5. The Balaban J connectivity index is 2.33. The molecule has 26 heavy (non-hydrogen) atoms. The van der Waals surface area contributed by atoms with Crippen molar-refractivity contribution < 1.29 is 14.3 Å². The zero-order valence-corrected chi connectivity index (χ0v) is 16.6. The standard InChI is InChI=1S/C22H31NO3/c1-6-15-25-22(5,8-3)21(24)23-19-13-14-20(26-16(4)7-2)18-12-10-9-11-17(18)19/h9-14,16H,6-8,15H2,1-5H3,(H,23,24)/t16-,22-/m1/s1. The Morgan fingerprint density at radius 2 is 1.81 bits per heavy atom. The van der Waals surface area contributed by atoms with E-state index in [2.05, 4.69) is 19.2 Å². The number of carbonyl (C=O) groups excluding carboxylic acids is 1. The number of anilines is 1. The molecule has 0 heterocycles. The summed E-state index contributed by atoms with van der Waals surface area (Å²) in [6, 6.07) is 11.8. The number of carbonyl (C=O) groups is 1. The molecular weight excluding hydrogens is 326 g/mol. The molecule has 1 N–H and O–H groups in total. The fraction of sp³-hybridized carbons (Fsp3) is 0.500. The molecule has 0 saturated carbocycles. The van der Waals surface area contributed by atoms with E-state index < -0.39 is 5.60 Å². The van der Waals surface area contributed by atoms with Crippen LogP contribution >= 0.6 is 0 Å². The Bertz CT molecular complexity index is 743. The number of fused-ring (bicyclic) bond motifs is 1. The number of hydrogen-bond donors (Lipinski definition) is 1. The van der Waals surface area contributed by atoms with Crippen LogP contribution in [0.25, 0.3) is 10.8 Å². The van der Waals surface area contributed by atoms with Gasteiger partial charge in [-0.1, -0.05) is 45.0 Å². The van der Waals surface area contributed by atoms with Crippen molar-refractivity contribution in [2.75, 3.05) is 11.9 Å². The van der Waals surface area contributed by atoms with Gasteiger partial charge < -0.3 is 14.8 Å². The fourth-order valence-corrected chi connectivity index (χ4v) is 2.69. The zero-order valence-electron chi connectivity index (χ0n) is 16.6. The van der Waals surface area contributed by atoms with Crippen molar-refractivity contribution in [2.24, 2.45) is 0 Å². The second-order valence-corrected chi connectivity index (χ2v) is 6.88. The van der Waals surface area contributed by atoms with Crippen molar-refractivity contribution in [3.63, 3.8) is 0 Å². The first-order valence-corrected chi connectivity index (χ1v) is 9.59. The summed E-state index contributed by atoms with van der Waals surface area (Å²) in [5, 5.41) is 5.03. The Kier molecular flexibility index (Phi) is 7.04. The normalized spacial score (nSPS) is 14.7. The van der Waals surface area contributed by atoms with Gasteiger partial charge >= 0.3 is 0 Å². The lowest BCUT2D eigenvalue weighted by Gasteiger charge is -2.27. The van der Waals surface area contributed by atoms with Crippen molar-refractivity contribution in [1.29, 1.82) is 0 Å². The summed E-state index contributed by atoms with van der Waals surface area (Å²) in [7, 11) is 0. The fourth-order valence-electron chi connectivity index (χ4n) is 2.69. The Morgan fingerprint density at radius 1 is 1.12 bits per heavy atom. The predicted molar refractivity (Wildman–Crippen MR) is 108 cm³/mol. The van der Waals surface area contributed by atoms with Crippen LogP contribution in [-0.4, -0.2) is 24.2 Å². The summed E-state index contributed by atoms with van der Waals surface area (Å²) in [6.07, 6.45) is 2.58. The average Bonchev–Trinajstić information content (AvgIpc) is 2.67. The predicted octanol–water partition coefficient (Wildman–Crippen LogP) is 5.55. The molecule has 0 saturated heterocycles. The summed E-state index contributed by atoms with van der Waals surface area (Å²) in [5.74, 6) is 0.725. The van der Waals surface area contributed by atoms with E-state index in [4.69, 9.17) is 9.47 Å². The molecule has 4 nitrogen and oxygen atoms in total. The molecule has 0 aliphatic rings. The van der Waals surface area contributed by atoms with Gasteiger partial charge in [0.25, 0.3) is 5.91 Å². The van der Waals surface area contributed by atoms with E-state index in [1.807, 2.05) is 57.2 Å². The van der Waals surface area contributed by atoms with Gasteiger partial charge in [0.15, 0.2) is 0 Å². The summed E-state index contributed by atoms with van der Waals surface area (Å²) < 4.78 is 11.9.